The lowest BCUT2D eigenvalue weighted by molar-refractivity contribution is 0.102. The molecule has 3 rings (SSSR count). The zero-order chi connectivity index (χ0) is 17.8. The Labute approximate surface area is 155 Å². The third-order valence-corrected chi connectivity index (χ3v) is 4.92. The summed E-state index contributed by atoms with van der Waals surface area (Å²) in [6.07, 6.45) is 0. The SMILES string of the molecule is CC(C)c1ccc(-n2nnnc2SCC(=O)c2ccc(Cl)cc2)cc1. The van der Waals surface area contributed by atoms with Gasteiger partial charge >= 0.3 is 0 Å². The average molecular weight is 373 g/mol. The van der Waals surface area contributed by atoms with E-state index in [-0.39, 0.29) is 11.5 Å². The van der Waals surface area contributed by atoms with Crippen LogP contribution in [0.4, 0.5) is 0 Å². The van der Waals surface area contributed by atoms with E-state index in [1.807, 2.05) is 12.1 Å². The van der Waals surface area contributed by atoms with Gasteiger partial charge in [0.25, 0.3) is 0 Å². The molecular formula is C18H17ClN4OS. The monoisotopic (exact) mass is 372 g/mol. The molecule has 1 aromatic heterocycles. The zero-order valence-corrected chi connectivity index (χ0v) is 15.5. The molecule has 0 bridgehead atoms. The Morgan fingerprint density at radius 3 is 2.44 bits per heavy atom. The molecule has 0 unspecified atom stereocenters. The Hall–Kier alpha value is -2.18. The number of hydrogen-bond acceptors (Lipinski definition) is 5. The van der Waals surface area contributed by atoms with Gasteiger partial charge in [-0.05, 0) is 58.3 Å². The highest BCUT2D eigenvalue weighted by molar-refractivity contribution is 7.99. The van der Waals surface area contributed by atoms with E-state index < -0.39 is 0 Å². The maximum Gasteiger partial charge on any atom is 0.214 e. The fourth-order valence-electron chi connectivity index (χ4n) is 2.28. The van der Waals surface area contributed by atoms with Gasteiger partial charge in [-0.25, -0.2) is 0 Å². The quantitative estimate of drug-likeness (QED) is 0.473. The van der Waals surface area contributed by atoms with Crippen LogP contribution in [0.5, 0.6) is 0 Å². The van der Waals surface area contributed by atoms with E-state index in [1.54, 1.807) is 28.9 Å². The van der Waals surface area contributed by atoms with Crippen molar-refractivity contribution in [1.82, 2.24) is 20.2 Å². The van der Waals surface area contributed by atoms with Crippen LogP contribution in [0, 0.1) is 0 Å². The molecule has 0 spiro atoms. The molecule has 2 aromatic carbocycles. The zero-order valence-electron chi connectivity index (χ0n) is 13.9. The molecule has 5 nitrogen and oxygen atoms in total. The van der Waals surface area contributed by atoms with Gasteiger partial charge in [0.05, 0.1) is 11.4 Å². The first-order chi connectivity index (χ1) is 12.0. The number of thioether (sulfide) groups is 1. The summed E-state index contributed by atoms with van der Waals surface area (Å²) in [5.41, 5.74) is 2.75. The molecule has 0 aliphatic carbocycles. The lowest BCUT2D eigenvalue weighted by Gasteiger charge is -2.08. The first-order valence-corrected chi connectivity index (χ1v) is 9.21. The molecule has 0 N–H and O–H groups in total. The van der Waals surface area contributed by atoms with Crippen molar-refractivity contribution >= 4 is 29.1 Å². The van der Waals surface area contributed by atoms with Gasteiger partial charge in [-0.3, -0.25) is 4.79 Å². The summed E-state index contributed by atoms with van der Waals surface area (Å²) in [6, 6.07) is 15.0. The van der Waals surface area contributed by atoms with Crippen molar-refractivity contribution in [2.75, 3.05) is 5.75 Å². The third-order valence-electron chi connectivity index (χ3n) is 3.74. The Kier molecular flexibility index (Phi) is 5.50. The van der Waals surface area contributed by atoms with Crippen molar-refractivity contribution in [2.45, 2.75) is 24.9 Å². The van der Waals surface area contributed by atoms with Crippen LogP contribution in [0.2, 0.25) is 5.02 Å². The van der Waals surface area contributed by atoms with E-state index in [0.29, 0.717) is 21.7 Å². The molecule has 0 aliphatic rings. The second kappa shape index (κ2) is 7.80. The highest BCUT2D eigenvalue weighted by atomic mass is 35.5. The van der Waals surface area contributed by atoms with Crippen molar-refractivity contribution in [3.05, 3.63) is 64.7 Å². The largest absolute Gasteiger partial charge is 0.293 e. The third kappa shape index (κ3) is 4.27. The second-order valence-electron chi connectivity index (χ2n) is 5.84. The van der Waals surface area contributed by atoms with Crippen LogP contribution in [0.15, 0.2) is 53.7 Å². The van der Waals surface area contributed by atoms with E-state index in [4.69, 9.17) is 11.6 Å². The van der Waals surface area contributed by atoms with Gasteiger partial charge in [-0.15, -0.1) is 5.10 Å². The van der Waals surface area contributed by atoms with E-state index >= 15 is 0 Å². The maximum absolute atomic E-state index is 12.3. The summed E-state index contributed by atoms with van der Waals surface area (Å²) in [7, 11) is 0. The van der Waals surface area contributed by atoms with Crippen LogP contribution in [0.25, 0.3) is 5.69 Å². The number of carbonyl (C=O) groups is 1. The Morgan fingerprint density at radius 2 is 1.80 bits per heavy atom. The molecule has 0 saturated heterocycles. The molecule has 0 saturated carbocycles. The number of carbonyl (C=O) groups excluding carboxylic acids is 1. The summed E-state index contributed by atoms with van der Waals surface area (Å²) < 4.78 is 1.64. The number of tetrazole rings is 1. The fourth-order valence-corrected chi connectivity index (χ4v) is 3.19. The first-order valence-electron chi connectivity index (χ1n) is 7.85. The number of nitrogens with zero attached hydrogens (tertiary/aromatic N) is 4. The molecule has 7 heteroatoms. The smallest absolute Gasteiger partial charge is 0.214 e. The van der Waals surface area contributed by atoms with E-state index in [0.717, 1.165) is 5.69 Å². The fraction of sp³-hybridized carbons (Fsp3) is 0.222. The second-order valence-corrected chi connectivity index (χ2v) is 7.22. The minimum Gasteiger partial charge on any atom is -0.293 e. The van der Waals surface area contributed by atoms with Gasteiger partial charge in [0.2, 0.25) is 5.16 Å². The lowest BCUT2D eigenvalue weighted by atomic mass is 10.0. The summed E-state index contributed by atoms with van der Waals surface area (Å²) in [4.78, 5) is 12.3. The molecule has 0 fully saturated rings. The number of ketones is 1. The minimum absolute atomic E-state index is 0.00590. The van der Waals surface area contributed by atoms with Gasteiger partial charge in [0.1, 0.15) is 0 Å². The van der Waals surface area contributed by atoms with Crippen LogP contribution in [-0.2, 0) is 0 Å². The number of rotatable bonds is 6. The van der Waals surface area contributed by atoms with Gasteiger partial charge in [0.15, 0.2) is 5.78 Å². The highest BCUT2D eigenvalue weighted by Gasteiger charge is 2.13. The lowest BCUT2D eigenvalue weighted by Crippen LogP contribution is -2.05. The molecule has 3 aromatic rings. The topological polar surface area (TPSA) is 60.7 Å². The summed E-state index contributed by atoms with van der Waals surface area (Å²) in [5.74, 6) is 0.728. The Morgan fingerprint density at radius 1 is 1.12 bits per heavy atom. The molecule has 0 amide bonds. The predicted octanol–water partition coefficient (Wildman–Crippen LogP) is 4.41. The molecule has 0 aliphatic heterocycles. The van der Waals surface area contributed by atoms with Crippen molar-refractivity contribution in [2.24, 2.45) is 0 Å². The number of benzene rings is 2. The molecule has 25 heavy (non-hydrogen) atoms. The maximum atomic E-state index is 12.3. The van der Waals surface area contributed by atoms with Crippen LogP contribution in [0.3, 0.4) is 0 Å². The Balaban J connectivity index is 1.71. The van der Waals surface area contributed by atoms with E-state index in [9.17, 15) is 4.79 Å². The van der Waals surface area contributed by atoms with Crippen molar-refractivity contribution in [1.29, 1.82) is 0 Å². The van der Waals surface area contributed by atoms with Gasteiger partial charge < -0.3 is 0 Å². The van der Waals surface area contributed by atoms with Crippen LogP contribution >= 0.6 is 23.4 Å². The van der Waals surface area contributed by atoms with Crippen molar-refractivity contribution in [3.63, 3.8) is 0 Å². The number of hydrogen-bond donors (Lipinski definition) is 0. The first kappa shape index (κ1) is 17.6. The minimum atomic E-state index is 0.00590. The van der Waals surface area contributed by atoms with E-state index in [2.05, 4.69) is 41.5 Å². The van der Waals surface area contributed by atoms with Crippen molar-refractivity contribution in [3.8, 4) is 5.69 Å². The Bertz CT molecular complexity index is 860. The standard InChI is InChI=1S/C18H17ClN4OS/c1-12(2)13-5-9-16(10-6-13)23-18(20-21-22-23)25-11-17(24)14-3-7-15(19)8-4-14/h3-10,12H,11H2,1-2H3. The normalized spacial score (nSPS) is 11.0. The number of halogens is 1. The van der Waals surface area contributed by atoms with Crippen LogP contribution in [0.1, 0.15) is 35.7 Å². The number of Topliss-reactive ketones (excluding diaryl/α,β-unsaturated/α-hetero) is 1. The molecule has 0 radical (unpaired) electrons. The van der Waals surface area contributed by atoms with E-state index in [1.165, 1.54) is 17.3 Å². The van der Waals surface area contributed by atoms with Crippen LogP contribution in [-0.4, -0.2) is 31.7 Å². The highest BCUT2D eigenvalue weighted by Crippen LogP contribution is 2.22. The van der Waals surface area contributed by atoms with Crippen molar-refractivity contribution < 1.29 is 4.79 Å². The summed E-state index contributed by atoms with van der Waals surface area (Å²) >= 11 is 7.16. The molecule has 128 valence electrons. The van der Waals surface area contributed by atoms with Gasteiger partial charge in [0, 0.05) is 10.6 Å². The predicted molar refractivity (Wildman–Crippen MR) is 99.7 cm³/mol. The number of aromatic nitrogens is 4. The molecule has 1 heterocycles. The molecule has 0 atom stereocenters. The van der Waals surface area contributed by atoms with Gasteiger partial charge in [-0.1, -0.05) is 49.3 Å². The summed E-state index contributed by atoms with van der Waals surface area (Å²) in [5, 5.41) is 13.0. The average Bonchev–Trinajstić information content (AvgIpc) is 3.09. The molecular weight excluding hydrogens is 356 g/mol. The summed E-state index contributed by atoms with van der Waals surface area (Å²) in [6.45, 7) is 4.30. The van der Waals surface area contributed by atoms with Gasteiger partial charge in [-0.2, -0.15) is 4.68 Å². The van der Waals surface area contributed by atoms with Crippen LogP contribution < -0.4 is 0 Å².